The SMILES string of the molecule is Cc1ccc([C@H](O)CN2CCN(c3nccs3)CC2)c(C)c1. The van der Waals surface area contributed by atoms with Crippen molar-refractivity contribution in [3.8, 4) is 0 Å². The number of aryl methyl sites for hydroxylation is 2. The summed E-state index contributed by atoms with van der Waals surface area (Å²) in [6, 6.07) is 6.27. The highest BCUT2D eigenvalue weighted by Crippen LogP contribution is 2.22. The van der Waals surface area contributed by atoms with E-state index in [-0.39, 0.29) is 0 Å². The molecule has 0 aliphatic carbocycles. The van der Waals surface area contributed by atoms with Gasteiger partial charge in [-0.3, -0.25) is 4.90 Å². The lowest BCUT2D eigenvalue weighted by molar-refractivity contribution is 0.109. The molecule has 0 radical (unpaired) electrons. The van der Waals surface area contributed by atoms with E-state index in [4.69, 9.17) is 0 Å². The fourth-order valence-corrected chi connectivity index (χ4v) is 3.73. The van der Waals surface area contributed by atoms with Gasteiger partial charge in [-0.1, -0.05) is 23.8 Å². The fraction of sp³-hybridized carbons (Fsp3) is 0.471. The Morgan fingerprint density at radius 1 is 1.23 bits per heavy atom. The van der Waals surface area contributed by atoms with Crippen molar-refractivity contribution >= 4 is 16.5 Å². The predicted octanol–water partition coefficient (Wildman–Crippen LogP) is 2.62. The molecule has 1 aromatic heterocycles. The Kier molecular flexibility index (Phi) is 4.76. The van der Waals surface area contributed by atoms with Gasteiger partial charge in [0.15, 0.2) is 5.13 Å². The molecule has 1 fully saturated rings. The largest absolute Gasteiger partial charge is 0.387 e. The molecule has 1 aliphatic heterocycles. The summed E-state index contributed by atoms with van der Waals surface area (Å²) in [5.41, 5.74) is 3.47. The van der Waals surface area contributed by atoms with Gasteiger partial charge in [-0.15, -0.1) is 11.3 Å². The molecule has 1 N–H and O–H groups in total. The molecule has 1 saturated heterocycles. The maximum atomic E-state index is 10.5. The van der Waals surface area contributed by atoms with Crippen LogP contribution in [0.2, 0.25) is 0 Å². The van der Waals surface area contributed by atoms with Gasteiger partial charge in [-0.25, -0.2) is 4.98 Å². The number of aliphatic hydroxyl groups excluding tert-OH is 1. The van der Waals surface area contributed by atoms with Gasteiger partial charge in [-0.05, 0) is 25.0 Å². The number of hydrogen-bond donors (Lipinski definition) is 1. The second kappa shape index (κ2) is 6.77. The number of benzene rings is 1. The van der Waals surface area contributed by atoms with Crippen molar-refractivity contribution < 1.29 is 5.11 Å². The van der Waals surface area contributed by atoms with Gasteiger partial charge in [-0.2, -0.15) is 0 Å². The summed E-state index contributed by atoms with van der Waals surface area (Å²) in [6.07, 6.45) is 1.45. The summed E-state index contributed by atoms with van der Waals surface area (Å²) in [4.78, 5) is 9.04. The summed E-state index contributed by atoms with van der Waals surface area (Å²) < 4.78 is 0. The molecule has 2 heterocycles. The molecule has 0 unspecified atom stereocenters. The number of aliphatic hydroxyl groups is 1. The molecule has 2 aromatic rings. The van der Waals surface area contributed by atoms with Crippen LogP contribution in [0.1, 0.15) is 22.8 Å². The van der Waals surface area contributed by atoms with Crippen molar-refractivity contribution in [2.45, 2.75) is 20.0 Å². The third-order valence-electron chi connectivity index (χ3n) is 4.28. The maximum Gasteiger partial charge on any atom is 0.185 e. The third-order valence-corrected chi connectivity index (χ3v) is 5.11. The lowest BCUT2D eigenvalue weighted by Gasteiger charge is -2.35. The predicted molar refractivity (Wildman–Crippen MR) is 91.6 cm³/mol. The van der Waals surface area contributed by atoms with E-state index >= 15 is 0 Å². The van der Waals surface area contributed by atoms with Gasteiger partial charge in [0.25, 0.3) is 0 Å². The number of thiazole rings is 1. The van der Waals surface area contributed by atoms with Crippen LogP contribution >= 0.6 is 11.3 Å². The van der Waals surface area contributed by atoms with Crippen molar-refractivity contribution in [1.29, 1.82) is 0 Å². The minimum absolute atomic E-state index is 0.410. The highest BCUT2D eigenvalue weighted by atomic mass is 32.1. The molecule has 4 nitrogen and oxygen atoms in total. The van der Waals surface area contributed by atoms with Crippen LogP contribution in [0.3, 0.4) is 0 Å². The summed E-state index contributed by atoms with van der Waals surface area (Å²) in [5.74, 6) is 0. The number of β-amino-alcohol motifs (C(OH)–C–C–N with tert-alkyl or cyclic N) is 1. The average molecular weight is 317 g/mol. The molecular weight excluding hydrogens is 294 g/mol. The number of rotatable bonds is 4. The molecule has 0 spiro atoms. The summed E-state index contributed by atoms with van der Waals surface area (Å²) >= 11 is 1.69. The normalized spacial score (nSPS) is 17.7. The van der Waals surface area contributed by atoms with Crippen molar-refractivity contribution in [3.63, 3.8) is 0 Å². The minimum Gasteiger partial charge on any atom is -0.387 e. The van der Waals surface area contributed by atoms with Crippen molar-refractivity contribution in [2.75, 3.05) is 37.6 Å². The summed E-state index contributed by atoms with van der Waals surface area (Å²) in [6.45, 7) is 8.77. The Bertz CT molecular complexity index is 606. The number of nitrogens with zero attached hydrogens (tertiary/aromatic N) is 3. The second-order valence-electron chi connectivity index (χ2n) is 5.98. The Morgan fingerprint density at radius 2 is 2.00 bits per heavy atom. The van der Waals surface area contributed by atoms with Crippen LogP contribution in [0.25, 0.3) is 0 Å². The number of anilines is 1. The lowest BCUT2D eigenvalue weighted by atomic mass is 10.0. The van der Waals surface area contributed by atoms with E-state index in [1.807, 2.05) is 11.6 Å². The quantitative estimate of drug-likeness (QED) is 0.941. The van der Waals surface area contributed by atoms with E-state index in [2.05, 4.69) is 46.8 Å². The van der Waals surface area contributed by atoms with Gasteiger partial charge >= 0.3 is 0 Å². The molecule has 1 aliphatic rings. The Morgan fingerprint density at radius 3 is 2.64 bits per heavy atom. The van der Waals surface area contributed by atoms with Crippen LogP contribution in [0.4, 0.5) is 5.13 Å². The first-order valence-electron chi connectivity index (χ1n) is 7.75. The summed E-state index contributed by atoms with van der Waals surface area (Å²) in [7, 11) is 0. The van der Waals surface area contributed by atoms with E-state index in [0.717, 1.165) is 36.9 Å². The zero-order chi connectivity index (χ0) is 15.5. The third kappa shape index (κ3) is 3.48. The average Bonchev–Trinajstić information content (AvgIpc) is 3.02. The number of aromatic nitrogens is 1. The molecular formula is C17H23N3OS. The Balaban J connectivity index is 1.56. The molecule has 22 heavy (non-hydrogen) atoms. The van der Waals surface area contributed by atoms with Crippen LogP contribution in [0.5, 0.6) is 0 Å². The van der Waals surface area contributed by atoms with Gasteiger partial charge in [0.2, 0.25) is 0 Å². The fourth-order valence-electron chi connectivity index (χ4n) is 3.04. The standard InChI is InChI=1S/C17H23N3OS/c1-13-3-4-15(14(2)11-13)16(21)12-19-6-8-20(9-7-19)17-18-5-10-22-17/h3-5,10-11,16,21H,6-9,12H2,1-2H3/t16-/m1/s1. The summed E-state index contributed by atoms with van der Waals surface area (Å²) in [5, 5.41) is 13.7. The highest BCUT2D eigenvalue weighted by molar-refractivity contribution is 7.13. The van der Waals surface area contributed by atoms with Crippen LogP contribution in [-0.4, -0.2) is 47.7 Å². The molecule has 5 heteroatoms. The topological polar surface area (TPSA) is 39.6 Å². The first kappa shape index (κ1) is 15.5. The van der Waals surface area contributed by atoms with Crippen molar-refractivity contribution in [1.82, 2.24) is 9.88 Å². The van der Waals surface area contributed by atoms with E-state index < -0.39 is 6.10 Å². The zero-order valence-corrected chi connectivity index (χ0v) is 14.0. The number of piperazine rings is 1. The zero-order valence-electron chi connectivity index (χ0n) is 13.2. The van der Waals surface area contributed by atoms with Crippen LogP contribution in [0, 0.1) is 13.8 Å². The van der Waals surface area contributed by atoms with E-state index in [9.17, 15) is 5.11 Å². The van der Waals surface area contributed by atoms with E-state index in [1.54, 1.807) is 11.3 Å². The van der Waals surface area contributed by atoms with Crippen molar-refractivity contribution in [2.24, 2.45) is 0 Å². The van der Waals surface area contributed by atoms with Gasteiger partial charge in [0, 0.05) is 44.3 Å². The second-order valence-corrected chi connectivity index (χ2v) is 6.85. The van der Waals surface area contributed by atoms with Crippen LogP contribution in [0.15, 0.2) is 29.8 Å². The monoisotopic (exact) mass is 317 g/mol. The van der Waals surface area contributed by atoms with Crippen molar-refractivity contribution in [3.05, 3.63) is 46.5 Å². The molecule has 1 atom stereocenters. The molecule has 0 saturated carbocycles. The van der Waals surface area contributed by atoms with E-state index in [0.29, 0.717) is 6.54 Å². The molecule has 3 rings (SSSR count). The Hall–Kier alpha value is -1.43. The van der Waals surface area contributed by atoms with Crippen LogP contribution in [-0.2, 0) is 0 Å². The highest BCUT2D eigenvalue weighted by Gasteiger charge is 2.21. The first-order valence-corrected chi connectivity index (χ1v) is 8.63. The van der Waals surface area contributed by atoms with Gasteiger partial charge < -0.3 is 10.0 Å². The van der Waals surface area contributed by atoms with E-state index in [1.165, 1.54) is 11.1 Å². The van der Waals surface area contributed by atoms with Gasteiger partial charge in [0.1, 0.15) is 0 Å². The van der Waals surface area contributed by atoms with Crippen LogP contribution < -0.4 is 4.90 Å². The minimum atomic E-state index is -0.410. The smallest absolute Gasteiger partial charge is 0.185 e. The first-order chi connectivity index (χ1) is 10.6. The lowest BCUT2D eigenvalue weighted by Crippen LogP contribution is -2.47. The Labute approximate surface area is 136 Å². The molecule has 0 bridgehead atoms. The van der Waals surface area contributed by atoms with Gasteiger partial charge in [0.05, 0.1) is 6.10 Å². The molecule has 118 valence electrons. The maximum absolute atomic E-state index is 10.5. The molecule has 1 aromatic carbocycles. The number of hydrogen-bond acceptors (Lipinski definition) is 5. The molecule has 0 amide bonds.